The molecule has 0 radical (unpaired) electrons. The molecule has 0 unspecified atom stereocenters. The molecule has 9 nitrogen and oxygen atoms in total. The molecule has 1 saturated carbocycles. The van der Waals surface area contributed by atoms with Gasteiger partial charge in [0, 0.05) is 20.6 Å². The number of fused-ring (bicyclic) bond motifs is 1. The Hall–Kier alpha value is -2.13. The molecule has 0 saturated heterocycles. The fraction of sp³-hybridized carbons (Fsp3) is 0.647. The number of hydrogen-bond acceptors (Lipinski definition) is 9. The zero-order valence-corrected chi connectivity index (χ0v) is 16.9. The highest BCUT2D eigenvalue weighted by atomic mass is 35.5. The Morgan fingerprint density at radius 2 is 1.52 bits per heavy atom. The largest absolute Gasteiger partial charge is 0.391 e. The number of rotatable bonds is 7. The van der Waals surface area contributed by atoms with Crippen LogP contribution in [0.5, 0.6) is 0 Å². The molecule has 2 atom stereocenters. The van der Waals surface area contributed by atoms with Gasteiger partial charge in [0.15, 0.2) is 11.6 Å². The number of aliphatic hydroxyl groups excluding tert-OH is 1. The third-order valence-electron chi connectivity index (χ3n) is 4.59. The van der Waals surface area contributed by atoms with Gasteiger partial charge < -0.3 is 26.4 Å². The maximum absolute atomic E-state index is 10.2. The van der Waals surface area contributed by atoms with E-state index in [9.17, 15) is 5.11 Å². The smallest absolute Gasteiger partial charge is 0.225 e. The van der Waals surface area contributed by atoms with Crippen molar-refractivity contribution < 1.29 is 5.11 Å². The van der Waals surface area contributed by atoms with E-state index in [4.69, 9.17) is 0 Å². The topological polar surface area (TPSA) is 120 Å². The molecule has 27 heavy (non-hydrogen) atoms. The fourth-order valence-corrected chi connectivity index (χ4v) is 3.19. The second-order valence-electron chi connectivity index (χ2n) is 6.52. The summed E-state index contributed by atoms with van der Waals surface area (Å²) in [5.74, 6) is 2.29. The predicted octanol–water partition coefficient (Wildman–Crippen LogP) is 2.46. The molecule has 1 aliphatic rings. The first-order valence-corrected chi connectivity index (χ1v) is 9.30. The van der Waals surface area contributed by atoms with E-state index in [1.807, 2.05) is 7.05 Å². The maximum Gasteiger partial charge on any atom is 0.225 e. The molecule has 10 heteroatoms. The van der Waals surface area contributed by atoms with E-state index in [0.717, 1.165) is 38.6 Å². The van der Waals surface area contributed by atoms with Gasteiger partial charge in [0.2, 0.25) is 11.9 Å². The molecule has 0 amide bonds. The molecule has 2 heterocycles. The van der Waals surface area contributed by atoms with E-state index >= 15 is 0 Å². The summed E-state index contributed by atoms with van der Waals surface area (Å²) in [6.45, 7) is 2.89. The molecule has 3 rings (SSSR count). The normalized spacial score (nSPS) is 19.3. The molecule has 5 N–H and O–H groups in total. The lowest BCUT2D eigenvalue weighted by atomic mass is 9.93. The fourth-order valence-electron chi connectivity index (χ4n) is 3.19. The third kappa shape index (κ3) is 4.78. The second kappa shape index (κ2) is 9.70. The lowest BCUT2D eigenvalue weighted by molar-refractivity contribution is 0.116. The highest BCUT2D eigenvalue weighted by Crippen LogP contribution is 2.28. The Bertz CT molecular complexity index is 759. The van der Waals surface area contributed by atoms with Gasteiger partial charge in [-0.15, -0.1) is 12.4 Å². The van der Waals surface area contributed by atoms with Crippen LogP contribution in [-0.2, 0) is 0 Å². The highest BCUT2D eigenvalue weighted by Gasteiger charge is 2.24. The Morgan fingerprint density at radius 3 is 2.11 bits per heavy atom. The number of nitrogens with one attached hydrogen (secondary N) is 4. The van der Waals surface area contributed by atoms with Crippen LogP contribution in [0.2, 0.25) is 0 Å². The number of halogens is 1. The molecule has 0 bridgehead atoms. The Morgan fingerprint density at radius 1 is 0.926 bits per heavy atom. The van der Waals surface area contributed by atoms with Crippen molar-refractivity contribution in [3.63, 3.8) is 0 Å². The molecule has 150 valence electrons. The zero-order chi connectivity index (χ0) is 18.5. The molecule has 2 aromatic heterocycles. The van der Waals surface area contributed by atoms with Gasteiger partial charge >= 0.3 is 0 Å². The van der Waals surface area contributed by atoms with Gasteiger partial charge in [-0.05, 0) is 19.3 Å². The number of aliphatic hydroxyl groups is 1. The lowest BCUT2D eigenvalue weighted by Crippen LogP contribution is -2.36. The van der Waals surface area contributed by atoms with Crippen molar-refractivity contribution in [2.24, 2.45) is 0 Å². The van der Waals surface area contributed by atoms with E-state index in [0.29, 0.717) is 34.6 Å². The third-order valence-corrected chi connectivity index (χ3v) is 4.59. The summed E-state index contributed by atoms with van der Waals surface area (Å²) in [7, 11) is 3.62. The van der Waals surface area contributed by atoms with E-state index < -0.39 is 0 Å². The van der Waals surface area contributed by atoms with Gasteiger partial charge in [-0.1, -0.05) is 19.8 Å². The summed E-state index contributed by atoms with van der Waals surface area (Å²) in [6, 6.07) is -0.0321. The minimum absolute atomic E-state index is 0. The van der Waals surface area contributed by atoms with Crippen molar-refractivity contribution in [1.82, 2.24) is 19.9 Å². The van der Waals surface area contributed by atoms with Gasteiger partial charge in [0.25, 0.3) is 0 Å². The quantitative estimate of drug-likeness (QED) is 0.480. The number of nitrogens with zero attached hydrogens (tertiary/aromatic N) is 4. The van der Waals surface area contributed by atoms with Gasteiger partial charge in [-0.2, -0.15) is 9.97 Å². The SMILES string of the molecule is CCCNc1nc(NC)c2nc(N[C@@H]3CCCC[C@@H]3O)nc(NC)c2n1.Cl. The number of hydrogen-bond donors (Lipinski definition) is 5. The minimum atomic E-state index is -0.373. The Kier molecular flexibility index (Phi) is 7.61. The highest BCUT2D eigenvalue weighted by molar-refractivity contribution is 5.94. The lowest BCUT2D eigenvalue weighted by Gasteiger charge is -2.28. The van der Waals surface area contributed by atoms with Crippen LogP contribution in [0.4, 0.5) is 23.5 Å². The van der Waals surface area contributed by atoms with Crippen molar-refractivity contribution in [3.8, 4) is 0 Å². The Balaban J connectivity index is 0.00000261. The average molecular weight is 397 g/mol. The van der Waals surface area contributed by atoms with Crippen LogP contribution in [0.25, 0.3) is 11.0 Å². The summed E-state index contributed by atoms with van der Waals surface area (Å²) < 4.78 is 0. The standard InChI is InChI=1S/C17H28N8O.ClH/c1-4-9-20-16-22-12-13(14(18-2)24-16)23-17(25-15(12)19-3)21-10-7-5-6-8-11(10)26;/h10-11,26H,4-9H2,1-3H3,(H2,18,20,22,24)(H2,19,21,23,25);1H/t10-,11+;/m1./s1. The summed E-state index contributed by atoms with van der Waals surface area (Å²) in [4.78, 5) is 18.2. The molecule has 0 aromatic carbocycles. The first-order valence-electron chi connectivity index (χ1n) is 9.30. The zero-order valence-electron chi connectivity index (χ0n) is 16.0. The molecular weight excluding hydrogens is 368 g/mol. The van der Waals surface area contributed by atoms with Crippen molar-refractivity contribution >= 4 is 47.0 Å². The summed E-state index contributed by atoms with van der Waals surface area (Å²) in [6.07, 6.45) is 4.48. The predicted molar refractivity (Wildman–Crippen MR) is 112 cm³/mol. The van der Waals surface area contributed by atoms with Crippen LogP contribution in [0.1, 0.15) is 39.0 Å². The summed E-state index contributed by atoms with van der Waals surface area (Å²) in [5.41, 5.74) is 1.29. The van der Waals surface area contributed by atoms with Crippen molar-refractivity contribution in [2.75, 3.05) is 41.9 Å². The van der Waals surface area contributed by atoms with E-state index in [1.54, 1.807) is 7.05 Å². The molecular formula is C17H29ClN8O. The van der Waals surface area contributed by atoms with Gasteiger partial charge in [-0.25, -0.2) is 9.97 Å². The number of anilines is 4. The van der Waals surface area contributed by atoms with Crippen molar-refractivity contribution in [1.29, 1.82) is 0 Å². The van der Waals surface area contributed by atoms with Crippen molar-refractivity contribution in [3.05, 3.63) is 0 Å². The molecule has 2 aromatic rings. The molecule has 0 aliphatic heterocycles. The van der Waals surface area contributed by atoms with Crippen LogP contribution < -0.4 is 21.3 Å². The van der Waals surface area contributed by atoms with Crippen LogP contribution in [-0.4, -0.2) is 57.8 Å². The molecule has 1 aliphatic carbocycles. The van der Waals surface area contributed by atoms with Crippen molar-refractivity contribution in [2.45, 2.75) is 51.2 Å². The van der Waals surface area contributed by atoms with Gasteiger partial charge in [0.05, 0.1) is 12.1 Å². The molecule has 1 fully saturated rings. The van der Waals surface area contributed by atoms with E-state index in [1.165, 1.54) is 0 Å². The van der Waals surface area contributed by atoms with Crippen LogP contribution in [0, 0.1) is 0 Å². The van der Waals surface area contributed by atoms with Gasteiger partial charge in [-0.3, -0.25) is 0 Å². The van der Waals surface area contributed by atoms with Crippen LogP contribution in [0.3, 0.4) is 0 Å². The first kappa shape index (κ1) is 21.2. The average Bonchev–Trinajstić information content (AvgIpc) is 2.67. The van der Waals surface area contributed by atoms with E-state index in [2.05, 4.69) is 48.1 Å². The van der Waals surface area contributed by atoms with Crippen LogP contribution in [0.15, 0.2) is 0 Å². The number of aromatic nitrogens is 4. The first-order chi connectivity index (χ1) is 12.7. The minimum Gasteiger partial charge on any atom is -0.391 e. The monoisotopic (exact) mass is 396 g/mol. The van der Waals surface area contributed by atoms with Gasteiger partial charge in [0.1, 0.15) is 11.0 Å². The second-order valence-corrected chi connectivity index (χ2v) is 6.52. The van der Waals surface area contributed by atoms with Crippen LogP contribution >= 0.6 is 12.4 Å². The molecule has 0 spiro atoms. The maximum atomic E-state index is 10.2. The van der Waals surface area contributed by atoms with E-state index in [-0.39, 0.29) is 24.6 Å². The summed E-state index contributed by atoms with van der Waals surface area (Å²) >= 11 is 0. The summed E-state index contributed by atoms with van der Waals surface area (Å²) in [5, 5.41) is 22.9. The Labute approximate surface area is 165 Å².